The van der Waals surface area contributed by atoms with Gasteiger partial charge in [-0.1, -0.05) is 6.07 Å². The summed E-state index contributed by atoms with van der Waals surface area (Å²) in [6, 6.07) is 4.47. The quantitative estimate of drug-likeness (QED) is 0.677. The lowest BCUT2D eigenvalue weighted by Gasteiger charge is -2.42. The Hall–Kier alpha value is -1.99. The predicted molar refractivity (Wildman–Crippen MR) is 123 cm³/mol. The molecule has 4 rings (SSSR count). The number of likely N-dealkylation sites (tertiary alicyclic amines) is 2. The zero-order chi connectivity index (χ0) is 22.3. The van der Waals surface area contributed by atoms with Gasteiger partial charge in [0.1, 0.15) is 0 Å². The third kappa shape index (κ3) is 6.07. The first-order valence-electron chi connectivity index (χ1n) is 12.3. The number of rotatable bonds is 6. The maximum absolute atomic E-state index is 12.9. The molecule has 3 saturated heterocycles. The molecule has 7 heteroatoms. The summed E-state index contributed by atoms with van der Waals surface area (Å²) in [4.78, 5) is 36.2. The summed E-state index contributed by atoms with van der Waals surface area (Å²) in [7, 11) is 1.90. The van der Waals surface area contributed by atoms with E-state index in [-0.39, 0.29) is 11.8 Å². The number of ether oxygens (including phenoxy) is 1. The molecule has 3 fully saturated rings. The van der Waals surface area contributed by atoms with Crippen molar-refractivity contribution in [3.05, 3.63) is 30.1 Å². The third-order valence-electron chi connectivity index (χ3n) is 7.54. The molecule has 0 bridgehead atoms. The van der Waals surface area contributed by atoms with Gasteiger partial charge in [0.2, 0.25) is 11.8 Å². The van der Waals surface area contributed by atoms with Crippen LogP contribution in [0.1, 0.15) is 50.5 Å². The van der Waals surface area contributed by atoms with Gasteiger partial charge in [0, 0.05) is 70.7 Å². The second-order valence-corrected chi connectivity index (χ2v) is 9.74. The standard InChI is InChI=1S/C25H38N4O3/c1-27(19-21-3-2-10-26-18-21)25(31)22-4-11-28(12-5-22)23-6-13-29(14-7-23)24(30)17-20-8-15-32-16-9-20/h2-3,10,18,20,22-23H,4-9,11-17,19H2,1H3. The van der Waals surface area contributed by atoms with Gasteiger partial charge in [-0.15, -0.1) is 0 Å². The van der Waals surface area contributed by atoms with E-state index in [1.165, 1.54) is 0 Å². The zero-order valence-electron chi connectivity index (χ0n) is 19.5. The van der Waals surface area contributed by atoms with E-state index in [2.05, 4.69) is 14.8 Å². The van der Waals surface area contributed by atoms with Crippen molar-refractivity contribution in [2.24, 2.45) is 11.8 Å². The van der Waals surface area contributed by atoms with Crippen molar-refractivity contribution in [1.82, 2.24) is 19.7 Å². The van der Waals surface area contributed by atoms with Crippen LogP contribution in [0.25, 0.3) is 0 Å². The summed E-state index contributed by atoms with van der Waals surface area (Å²) in [5.74, 6) is 1.20. The lowest BCUT2D eigenvalue weighted by Crippen LogP contribution is -2.50. The lowest BCUT2D eigenvalue weighted by atomic mass is 9.92. The number of piperidine rings is 2. The molecule has 1 aromatic rings. The van der Waals surface area contributed by atoms with E-state index in [1.54, 1.807) is 6.20 Å². The zero-order valence-corrected chi connectivity index (χ0v) is 19.5. The topological polar surface area (TPSA) is 66.0 Å². The first-order chi connectivity index (χ1) is 15.6. The molecule has 32 heavy (non-hydrogen) atoms. The highest BCUT2D eigenvalue weighted by molar-refractivity contribution is 5.78. The van der Waals surface area contributed by atoms with Crippen LogP contribution >= 0.6 is 0 Å². The van der Waals surface area contributed by atoms with Crippen LogP contribution in [0.3, 0.4) is 0 Å². The molecule has 0 atom stereocenters. The summed E-state index contributed by atoms with van der Waals surface area (Å²) >= 11 is 0. The average molecular weight is 443 g/mol. The summed E-state index contributed by atoms with van der Waals surface area (Å²) in [6.45, 7) is 5.94. The van der Waals surface area contributed by atoms with Crippen LogP contribution in [0.5, 0.6) is 0 Å². The summed E-state index contributed by atoms with van der Waals surface area (Å²) in [6.07, 6.45) is 10.3. The van der Waals surface area contributed by atoms with Crippen molar-refractivity contribution < 1.29 is 14.3 Å². The number of amides is 2. The molecular formula is C25H38N4O3. The summed E-state index contributed by atoms with van der Waals surface area (Å²) in [5.41, 5.74) is 1.07. The van der Waals surface area contributed by atoms with Crippen LogP contribution < -0.4 is 0 Å². The molecule has 0 aromatic carbocycles. The number of nitrogens with zero attached hydrogens (tertiary/aromatic N) is 4. The molecule has 0 N–H and O–H groups in total. The van der Waals surface area contributed by atoms with Crippen molar-refractivity contribution in [3.8, 4) is 0 Å². The van der Waals surface area contributed by atoms with Crippen LogP contribution in [0.4, 0.5) is 0 Å². The Morgan fingerprint density at radius 3 is 2.44 bits per heavy atom. The first-order valence-corrected chi connectivity index (χ1v) is 12.3. The number of hydrogen-bond acceptors (Lipinski definition) is 5. The minimum atomic E-state index is 0.120. The van der Waals surface area contributed by atoms with Gasteiger partial charge in [0.05, 0.1) is 0 Å². The van der Waals surface area contributed by atoms with Gasteiger partial charge in [-0.3, -0.25) is 14.6 Å². The van der Waals surface area contributed by atoms with Gasteiger partial charge < -0.3 is 19.4 Å². The van der Waals surface area contributed by atoms with Crippen molar-refractivity contribution in [2.45, 2.75) is 57.5 Å². The SMILES string of the molecule is CN(Cc1cccnc1)C(=O)C1CCN(C2CCN(C(=O)CC3CCOCC3)CC2)CC1. The molecule has 0 spiro atoms. The maximum atomic E-state index is 12.9. The maximum Gasteiger partial charge on any atom is 0.225 e. The second kappa shape index (κ2) is 11.2. The highest BCUT2D eigenvalue weighted by Crippen LogP contribution is 2.26. The van der Waals surface area contributed by atoms with E-state index >= 15 is 0 Å². The number of hydrogen-bond donors (Lipinski definition) is 0. The largest absolute Gasteiger partial charge is 0.381 e. The van der Waals surface area contributed by atoms with Crippen molar-refractivity contribution in [3.63, 3.8) is 0 Å². The molecule has 176 valence electrons. The van der Waals surface area contributed by atoms with Gasteiger partial charge in [0.15, 0.2) is 0 Å². The van der Waals surface area contributed by atoms with Crippen molar-refractivity contribution in [1.29, 1.82) is 0 Å². The van der Waals surface area contributed by atoms with Crippen LogP contribution in [-0.4, -0.2) is 84.0 Å². The molecule has 1 aromatic heterocycles. The number of carbonyl (C=O) groups is 2. The number of pyridine rings is 1. The average Bonchev–Trinajstić information content (AvgIpc) is 2.85. The van der Waals surface area contributed by atoms with Gasteiger partial charge in [0.25, 0.3) is 0 Å². The Labute approximate surface area is 192 Å². The van der Waals surface area contributed by atoms with Gasteiger partial charge in [-0.2, -0.15) is 0 Å². The molecule has 7 nitrogen and oxygen atoms in total. The smallest absolute Gasteiger partial charge is 0.225 e. The molecule has 0 unspecified atom stereocenters. The molecule has 3 aliphatic rings. The number of aromatic nitrogens is 1. The Morgan fingerprint density at radius 1 is 1.06 bits per heavy atom. The molecule has 0 aliphatic carbocycles. The lowest BCUT2D eigenvalue weighted by molar-refractivity contribution is -0.137. The fourth-order valence-electron chi connectivity index (χ4n) is 5.47. The van der Waals surface area contributed by atoms with Gasteiger partial charge in [-0.25, -0.2) is 0 Å². The van der Waals surface area contributed by atoms with E-state index in [1.807, 2.05) is 30.3 Å². The molecule has 3 aliphatic heterocycles. The van der Waals surface area contributed by atoms with Gasteiger partial charge >= 0.3 is 0 Å². The molecule has 0 saturated carbocycles. The van der Waals surface area contributed by atoms with E-state index in [9.17, 15) is 9.59 Å². The minimum Gasteiger partial charge on any atom is -0.381 e. The highest BCUT2D eigenvalue weighted by Gasteiger charge is 2.33. The normalized spacial score (nSPS) is 22.1. The highest BCUT2D eigenvalue weighted by atomic mass is 16.5. The van der Waals surface area contributed by atoms with Crippen LogP contribution in [0.15, 0.2) is 24.5 Å². The predicted octanol–water partition coefficient (Wildman–Crippen LogP) is 2.56. The summed E-state index contributed by atoms with van der Waals surface area (Å²) < 4.78 is 5.41. The van der Waals surface area contributed by atoms with Crippen molar-refractivity contribution in [2.75, 3.05) is 46.4 Å². The minimum absolute atomic E-state index is 0.120. The number of carbonyl (C=O) groups excluding carboxylic acids is 2. The Kier molecular flexibility index (Phi) is 8.14. The van der Waals surface area contributed by atoms with E-state index in [0.29, 0.717) is 30.8 Å². The molecule has 0 radical (unpaired) electrons. The van der Waals surface area contributed by atoms with Crippen molar-refractivity contribution >= 4 is 11.8 Å². The van der Waals surface area contributed by atoms with Crippen LogP contribution in [-0.2, 0) is 20.9 Å². The third-order valence-corrected chi connectivity index (χ3v) is 7.54. The van der Waals surface area contributed by atoms with Gasteiger partial charge in [-0.05, 0) is 69.2 Å². The fraction of sp³-hybridized carbons (Fsp3) is 0.720. The monoisotopic (exact) mass is 442 g/mol. The molecular weight excluding hydrogens is 404 g/mol. The molecule has 2 amide bonds. The van der Waals surface area contributed by atoms with Crippen LogP contribution in [0.2, 0.25) is 0 Å². The fourth-order valence-corrected chi connectivity index (χ4v) is 5.47. The Bertz CT molecular complexity index is 737. The molecule has 4 heterocycles. The Morgan fingerprint density at radius 2 is 1.78 bits per heavy atom. The van der Waals surface area contributed by atoms with E-state index in [0.717, 1.165) is 83.5 Å². The second-order valence-electron chi connectivity index (χ2n) is 9.74. The van der Waals surface area contributed by atoms with E-state index in [4.69, 9.17) is 4.74 Å². The summed E-state index contributed by atoms with van der Waals surface area (Å²) in [5, 5.41) is 0. The first kappa shape index (κ1) is 23.2. The van der Waals surface area contributed by atoms with Crippen LogP contribution in [0, 0.1) is 11.8 Å². The van der Waals surface area contributed by atoms with E-state index < -0.39 is 0 Å². The Balaban J connectivity index is 1.17.